The fraction of sp³-hybridized carbons (Fsp3) is 0.917. The Morgan fingerprint density at radius 1 is 1.33 bits per heavy atom. The Hall–Kier alpha value is -0.570. The minimum atomic E-state index is -0.595. The maximum Gasteiger partial charge on any atom is 0.308 e. The smallest absolute Gasteiger partial charge is 0.308 e. The van der Waals surface area contributed by atoms with E-state index in [4.69, 9.17) is 5.11 Å². The summed E-state index contributed by atoms with van der Waals surface area (Å²) in [6.45, 7) is 0.953. The molecule has 86 valence electrons. The second-order valence-corrected chi connectivity index (χ2v) is 5.17. The summed E-state index contributed by atoms with van der Waals surface area (Å²) in [6.07, 6.45) is 7.27. The molecule has 0 radical (unpaired) electrons. The fourth-order valence-electron chi connectivity index (χ4n) is 3.23. The van der Waals surface area contributed by atoms with Crippen LogP contribution in [0, 0.1) is 11.8 Å². The van der Waals surface area contributed by atoms with Crippen molar-refractivity contribution in [3.63, 3.8) is 0 Å². The summed E-state index contributed by atoms with van der Waals surface area (Å²) < 4.78 is 0. The minimum absolute atomic E-state index is 0.115. The van der Waals surface area contributed by atoms with Crippen molar-refractivity contribution in [3.8, 4) is 0 Å². The van der Waals surface area contributed by atoms with Crippen molar-refractivity contribution < 1.29 is 9.90 Å². The van der Waals surface area contributed by atoms with E-state index in [0.717, 1.165) is 25.3 Å². The van der Waals surface area contributed by atoms with Crippen LogP contribution < -0.4 is 0 Å². The zero-order chi connectivity index (χ0) is 10.8. The zero-order valence-electron chi connectivity index (χ0n) is 9.48. The maximum atomic E-state index is 11.1. The predicted molar refractivity (Wildman–Crippen MR) is 58.7 cm³/mol. The maximum absolute atomic E-state index is 11.1. The average molecular weight is 211 g/mol. The first-order valence-corrected chi connectivity index (χ1v) is 6.11. The van der Waals surface area contributed by atoms with Crippen molar-refractivity contribution in [1.82, 2.24) is 4.90 Å². The van der Waals surface area contributed by atoms with Gasteiger partial charge < -0.3 is 10.0 Å². The molecule has 1 heterocycles. The first-order valence-electron chi connectivity index (χ1n) is 6.11. The number of hydrogen-bond acceptors (Lipinski definition) is 2. The highest BCUT2D eigenvalue weighted by Gasteiger charge is 2.38. The Labute approximate surface area is 91.5 Å². The predicted octanol–water partition coefficient (Wildman–Crippen LogP) is 1.97. The number of rotatable bonds is 3. The lowest BCUT2D eigenvalue weighted by molar-refractivity contribution is -0.142. The van der Waals surface area contributed by atoms with Gasteiger partial charge in [0, 0.05) is 6.04 Å². The Morgan fingerprint density at radius 2 is 2.00 bits per heavy atom. The highest BCUT2D eigenvalue weighted by Crippen LogP contribution is 2.34. The van der Waals surface area contributed by atoms with Crippen LogP contribution in [-0.2, 0) is 4.79 Å². The van der Waals surface area contributed by atoms with E-state index in [0.29, 0.717) is 6.04 Å². The Kier molecular flexibility index (Phi) is 3.29. The van der Waals surface area contributed by atoms with Gasteiger partial charge in [-0.2, -0.15) is 0 Å². The molecule has 1 aliphatic heterocycles. The SMILES string of the molecule is CN1CCC(C(=O)O)C1CC1CCCC1. The lowest BCUT2D eigenvalue weighted by Crippen LogP contribution is -2.34. The van der Waals surface area contributed by atoms with Gasteiger partial charge in [-0.1, -0.05) is 25.7 Å². The number of hydrogen-bond donors (Lipinski definition) is 1. The first-order chi connectivity index (χ1) is 7.18. The first kappa shape index (κ1) is 10.9. The molecule has 2 rings (SSSR count). The molecule has 2 aliphatic rings. The van der Waals surface area contributed by atoms with Gasteiger partial charge in [-0.3, -0.25) is 4.79 Å². The van der Waals surface area contributed by atoms with E-state index >= 15 is 0 Å². The van der Waals surface area contributed by atoms with Crippen molar-refractivity contribution in [1.29, 1.82) is 0 Å². The quantitative estimate of drug-likeness (QED) is 0.776. The number of nitrogens with zero attached hydrogens (tertiary/aromatic N) is 1. The van der Waals surface area contributed by atoms with E-state index in [2.05, 4.69) is 11.9 Å². The van der Waals surface area contributed by atoms with Crippen LogP contribution in [0.25, 0.3) is 0 Å². The van der Waals surface area contributed by atoms with Crippen molar-refractivity contribution in [3.05, 3.63) is 0 Å². The van der Waals surface area contributed by atoms with Gasteiger partial charge >= 0.3 is 5.97 Å². The number of carboxylic acids is 1. The van der Waals surface area contributed by atoms with E-state index in [9.17, 15) is 4.79 Å². The van der Waals surface area contributed by atoms with Crippen LogP contribution in [0.3, 0.4) is 0 Å². The van der Waals surface area contributed by atoms with Gasteiger partial charge in [-0.15, -0.1) is 0 Å². The molecule has 1 N–H and O–H groups in total. The Morgan fingerprint density at radius 3 is 2.60 bits per heavy atom. The molecule has 1 aliphatic carbocycles. The largest absolute Gasteiger partial charge is 0.481 e. The number of carbonyl (C=O) groups is 1. The van der Waals surface area contributed by atoms with Gasteiger partial charge in [0.25, 0.3) is 0 Å². The van der Waals surface area contributed by atoms with Crippen LogP contribution in [0.2, 0.25) is 0 Å². The third-order valence-corrected chi connectivity index (χ3v) is 4.19. The molecule has 1 saturated heterocycles. The van der Waals surface area contributed by atoms with Crippen LogP contribution in [0.1, 0.15) is 38.5 Å². The topological polar surface area (TPSA) is 40.5 Å². The third-order valence-electron chi connectivity index (χ3n) is 4.19. The van der Waals surface area contributed by atoms with Crippen molar-refractivity contribution in [2.75, 3.05) is 13.6 Å². The van der Waals surface area contributed by atoms with Crippen LogP contribution in [0.15, 0.2) is 0 Å². The van der Waals surface area contributed by atoms with Gasteiger partial charge in [0.2, 0.25) is 0 Å². The molecule has 3 nitrogen and oxygen atoms in total. The summed E-state index contributed by atoms with van der Waals surface area (Å²) in [5.41, 5.74) is 0. The van der Waals surface area contributed by atoms with Crippen molar-refractivity contribution >= 4 is 5.97 Å². The van der Waals surface area contributed by atoms with Gasteiger partial charge in [0.1, 0.15) is 0 Å². The molecule has 3 heteroatoms. The molecule has 0 aromatic heterocycles. The molecular weight excluding hydrogens is 190 g/mol. The van der Waals surface area contributed by atoms with Crippen molar-refractivity contribution in [2.24, 2.45) is 11.8 Å². The molecular formula is C12H21NO2. The third kappa shape index (κ3) is 2.33. The summed E-state index contributed by atoms with van der Waals surface area (Å²) in [4.78, 5) is 13.4. The van der Waals surface area contributed by atoms with Crippen molar-refractivity contribution in [2.45, 2.75) is 44.6 Å². The van der Waals surface area contributed by atoms with Gasteiger partial charge in [-0.05, 0) is 32.4 Å². The number of aliphatic carboxylic acids is 1. The molecule has 2 fully saturated rings. The Balaban J connectivity index is 1.94. The van der Waals surface area contributed by atoms with Gasteiger partial charge in [0.05, 0.1) is 5.92 Å². The lowest BCUT2D eigenvalue weighted by Gasteiger charge is -2.25. The number of carboxylic acid groups (broad SMARTS) is 1. The monoisotopic (exact) mass is 211 g/mol. The summed E-state index contributed by atoms with van der Waals surface area (Å²) >= 11 is 0. The fourth-order valence-corrected chi connectivity index (χ4v) is 3.23. The van der Waals surface area contributed by atoms with Gasteiger partial charge in [0.15, 0.2) is 0 Å². The second-order valence-electron chi connectivity index (χ2n) is 5.17. The molecule has 15 heavy (non-hydrogen) atoms. The Bertz CT molecular complexity index is 236. The molecule has 0 aromatic carbocycles. The molecule has 0 amide bonds. The van der Waals surface area contributed by atoms with E-state index in [-0.39, 0.29) is 5.92 Å². The van der Waals surface area contributed by atoms with Crippen LogP contribution in [0.5, 0.6) is 0 Å². The van der Waals surface area contributed by atoms with E-state index in [1.165, 1.54) is 25.7 Å². The highest BCUT2D eigenvalue weighted by atomic mass is 16.4. The molecule has 2 unspecified atom stereocenters. The van der Waals surface area contributed by atoms with E-state index in [1.54, 1.807) is 0 Å². The standard InChI is InChI=1S/C12H21NO2/c1-13-7-6-10(12(14)15)11(13)8-9-4-2-3-5-9/h9-11H,2-8H2,1H3,(H,14,15). The molecule has 1 saturated carbocycles. The molecule has 2 atom stereocenters. The number of likely N-dealkylation sites (tertiary alicyclic amines) is 1. The summed E-state index contributed by atoms with van der Waals surface area (Å²) in [7, 11) is 2.07. The molecule has 0 spiro atoms. The summed E-state index contributed by atoms with van der Waals surface area (Å²) in [5.74, 6) is 0.0790. The average Bonchev–Trinajstić information content (AvgIpc) is 2.78. The van der Waals surface area contributed by atoms with E-state index in [1.807, 2.05) is 0 Å². The van der Waals surface area contributed by atoms with Crippen LogP contribution in [-0.4, -0.2) is 35.6 Å². The summed E-state index contributed by atoms with van der Waals surface area (Å²) in [6, 6.07) is 0.297. The molecule has 0 aromatic rings. The van der Waals surface area contributed by atoms with Gasteiger partial charge in [-0.25, -0.2) is 0 Å². The van der Waals surface area contributed by atoms with E-state index < -0.39 is 5.97 Å². The normalized spacial score (nSPS) is 33.7. The minimum Gasteiger partial charge on any atom is -0.481 e. The highest BCUT2D eigenvalue weighted by molar-refractivity contribution is 5.71. The van der Waals surface area contributed by atoms with Crippen LogP contribution in [0.4, 0.5) is 0 Å². The zero-order valence-corrected chi connectivity index (χ0v) is 9.48. The molecule has 0 bridgehead atoms. The lowest BCUT2D eigenvalue weighted by atomic mass is 9.90. The van der Waals surface area contributed by atoms with Crippen LogP contribution >= 0.6 is 0 Å². The summed E-state index contributed by atoms with van der Waals surface area (Å²) in [5, 5.41) is 9.15. The second kappa shape index (κ2) is 4.52.